The Hall–Kier alpha value is -2.07. The van der Waals surface area contributed by atoms with Gasteiger partial charge in [0.05, 0.1) is 13.7 Å². The lowest BCUT2D eigenvalue weighted by atomic mass is 10.0. The van der Waals surface area contributed by atoms with Crippen LogP contribution in [0.15, 0.2) is 36.4 Å². The highest BCUT2D eigenvalue weighted by Crippen LogP contribution is 2.36. The van der Waals surface area contributed by atoms with Gasteiger partial charge in [-0.1, -0.05) is 32.9 Å². The summed E-state index contributed by atoms with van der Waals surface area (Å²) in [6.07, 6.45) is 3.63. The molecule has 2 aromatic carbocycles. The molecule has 1 unspecified atom stereocenters. The van der Waals surface area contributed by atoms with Crippen LogP contribution in [0.25, 0.3) is 11.1 Å². The number of halogens is 1. The molecule has 0 aliphatic carbocycles. The Labute approximate surface area is 156 Å². The van der Waals surface area contributed by atoms with E-state index in [0.717, 1.165) is 36.8 Å². The highest BCUT2D eigenvalue weighted by molar-refractivity contribution is 5.72. The zero-order valence-electron chi connectivity index (χ0n) is 16.2. The molecule has 0 radical (unpaired) electrons. The Kier molecular flexibility index (Phi) is 7.92. The monoisotopic (exact) mass is 360 g/mol. The van der Waals surface area contributed by atoms with Crippen molar-refractivity contribution < 1.29 is 18.6 Å². The molecule has 1 fully saturated rings. The molecule has 1 aliphatic heterocycles. The molecule has 1 saturated heterocycles. The molecule has 26 heavy (non-hydrogen) atoms. The molecular weight excluding hydrogens is 331 g/mol. The van der Waals surface area contributed by atoms with Crippen molar-refractivity contribution in [2.75, 3.05) is 13.7 Å². The molecule has 0 N–H and O–H groups in total. The van der Waals surface area contributed by atoms with Crippen molar-refractivity contribution in [3.8, 4) is 22.6 Å². The minimum atomic E-state index is -0.297. The van der Waals surface area contributed by atoms with Crippen molar-refractivity contribution in [1.29, 1.82) is 0 Å². The third-order valence-electron chi connectivity index (χ3n) is 4.31. The summed E-state index contributed by atoms with van der Waals surface area (Å²) in [5.41, 5.74) is 2.34. The lowest BCUT2D eigenvalue weighted by Gasteiger charge is -2.25. The fraction of sp³-hybridized carbons (Fsp3) is 0.455. The molecule has 1 atom stereocenters. The Balaban J connectivity index is 0.00000117. The Bertz CT molecular complexity index is 694. The van der Waals surface area contributed by atoms with E-state index in [9.17, 15) is 4.39 Å². The van der Waals surface area contributed by atoms with Crippen molar-refractivity contribution in [3.63, 3.8) is 0 Å². The van der Waals surface area contributed by atoms with Crippen LogP contribution in [0, 0.1) is 5.82 Å². The second-order valence-electron chi connectivity index (χ2n) is 5.94. The Morgan fingerprint density at radius 2 is 1.88 bits per heavy atom. The lowest BCUT2D eigenvalue weighted by Crippen LogP contribution is -2.25. The summed E-state index contributed by atoms with van der Waals surface area (Å²) in [5, 5.41) is 0. The lowest BCUT2D eigenvalue weighted by molar-refractivity contribution is -0.105. The summed E-state index contributed by atoms with van der Waals surface area (Å²) in [6.45, 7) is 6.79. The van der Waals surface area contributed by atoms with E-state index in [0.29, 0.717) is 23.7 Å². The van der Waals surface area contributed by atoms with Gasteiger partial charge in [0.25, 0.3) is 0 Å². The maximum atomic E-state index is 14.4. The van der Waals surface area contributed by atoms with Crippen LogP contribution in [-0.4, -0.2) is 20.0 Å². The highest BCUT2D eigenvalue weighted by atomic mass is 19.1. The van der Waals surface area contributed by atoms with Crippen LogP contribution >= 0.6 is 0 Å². The number of benzene rings is 2. The van der Waals surface area contributed by atoms with E-state index in [1.165, 1.54) is 6.07 Å². The largest absolute Gasteiger partial charge is 0.497 e. The predicted octanol–water partition coefficient (Wildman–Crippen LogP) is 6.00. The van der Waals surface area contributed by atoms with Gasteiger partial charge in [-0.3, -0.25) is 0 Å². The van der Waals surface area contributed by atoms with Gasteiger partial charge in [0.2, 0.25) is 0 Å². The molecule has 142 valence electrons. The average molecular weight is 360 g/mol. The topological polar surface area (TPSA) is 27.7 Å². The first kappa shape index (κ1) is 20.2. The summed E-state index contributed by atoms with van der Waals surface area (Å²) in [6, 6.07) is 10.6. The fourth-order valence-corrected chi connectivity index (χ4v) is 2.89. The molecule has 0 amide bonds. The van der Waals surface area contributed by atoms with Gasteiger partial charge in [-0.25, -0.2) is 4.39 Å². The summed E-state index contributed by atoms with van der Waals surface area (Å²) in [5.74, 6) is 0.980. The van der Waals surface area contributed by atoms with Crippen molar-refractivity contribution >= 4 is 0 Å². The van der Waals surface area contributed by atoms with Crippen molar-refractivity contribution in [1.82, 2.24) is 0 Å². The number of rotatable bonds is 5. The van der Waals surface area contributed by atoms with Crippen LogP contribution in [-0.2, 0) is 11.2 Å². The van der Waals surface area contributed by atoms with E-state index in [1.807, 2.05) is 32.0 Å². The van der Waals surface area contributed by atoms with E-state index in [2.05, 4.69) is 6.92 Å². The second kappa shape index (κ2) is 10.2. The SMILES string of the molecule is CC.CCc1ccc(-c2cc(OC)ccc2F)c(OC2CCCCO2)c1. The van der Waals surface area contributed by atoms with E-state index < -0.39 is 0 Å². The van der Waals surface area contributed by atoms with Crippen LogP contribution in [0.1, 0.15) is 45.6 Å². The van der Waals surface area contributed by atoms with Crippen molar-refractivity contribution in [2.45, 2.75) is 52.7 Å². The van der Waals surface area contributed by atoms with E-state index >= 15 is 0 Å². The molecule has 0 aromatic heterocycles. The third-order valence-corrected chi connectivity index (χ3v) is 4.31. The van der Waals surface area contributed by atoms with Gasteiger partial charge in [-0.05, 0) is 49.1 Å². The summed E-state index contributed by atoms with van der Waals surface area (Å²) < 4.78 is 31.4. The van der Waals surface area contributed by atoms with E-state index in [1.54, 1.807) is 19.2 Å². The van der Waals surface area contributed by atoms with Gasteiger partial charge in [-0.2, -0.15) is 0 Å². The molecule has 2 aromatic rings. The normalized spacial score (nSPS) is 16.4. The number of hydrogen-bond donors (Lipinski definition) is 0. The summed E-state index contributed by atoms with van der Waals surface area (Å²) >= 11 is 0. The van der Waals surface area contributed by atoms with Crippen LogP contribution in [0.3, 0.4) is 0 Å². The fourth-order valence-electron chi connectivity index (χ4n) is 2.89. The van der Waals surface area contributed by atoms with E-state index in [-0.39, 0.29) is 12.1 Å². The third kappa shape index (κ3) is 4.98. The maximum absolute atomic E-state index is 14.4. The minimum Gasteiger partial charge on any atom is -0.497 e. The van der Waals surface area contributed by atoms with Gasteiger partial charge >= 0.3 is 0 Å². The van der Waals surface area contributed by atoms with Gasteiger partial charge in [-0.15, -0.1) is 0 Å². The van der Waals surface area contributed by atoms with Crippen molar-refractivity contribution in [2.24, 2.45) is 0 Å². The quantitative estimate of drug-likeness (QED) is 0.655. The first-order valence-corrected chi connectivity index (χ1v) is 9.46. The molecule has 0 bridgehead atoms. The molecule has 1 heterocycles. The molecule has 3 nitrogen and oxygen atoms in total. The number of hydrogen-bond acceptors (Lipinski definition) is 3. The molecule has 3 rings (SSSR count). The summed E-state index contributed by atoms with van der Waals surface area (Å²) in [7, 11) is 1.57. The van der Waals surface area contributed by atoms with Gasteiger partial charge in [0.1, 0.15) is 17.3 Å². The molecule has 0 saturated carbocycles. The van der Waals surface area contributed by atoms with Crippen LogP contribution in [0.5, 0.6) is 11.5 Å². The number of ether oxygens (including phenoxy) is 3. The van der Waals surface area contributed by atoms with E-state index in [4.69, 9.17) is 14.2 Å². The smallest absolute Gasteiger partial charge is 0.199 e. The first-order valence-electron chi connectivity index (χ1n) is 9.46. The molecule has 1 aliphatic rings. The Morgan fingerprint density at radius 1 is 1.08 bits per heavy atom. The maximum Gasteiger partial charge on any atom is 0.199 e. The summed E-state index contributed by atoms with van der Waals surface area (Å²) in [4.78, 5) is 0. The Morgan fingerprint density at radius 3 is 2.54 bits per heavy atom. The number of methoxy groups -OCH3 is 1. The highest BCUT2D eigenvalue weighted by Gasteiger charge is 2.19. The van der Waals surface area contributed by atoms with Gasteiger partial charge < -0.3 is 14.2 Å². The minimum absolute atomic E-state index is 0.265. The van der Waals surface area contributed by atoms with Crippen LogP contribution < -0.4 is 9.47 Å². The molecular formula is C22H29FO3. The van der Waals surface area contributed by atoms with Crippen LogP contribution in [0.4, 0.5) is 4.39 Å². The zero-order chi connectivity index (χ0) is 18.9. The second-order valence-corrected chi connectivity index (χ2v) is 5.94. The van der Waals surface area contributed by atoms with Gasteiger partial charge in [0, 0.05) is 17.5 Å². The number of aryl methyl sites for hydroxylation is 1. The predicted molar refractivity (Wildman–Crippen MR) is 103 cm³/mol. The van der Waals surface area contributed by atoms with Crippen molar-refractivity contribution in [3.05, 3.63) is 47.8 Å². The zero-order valence-corrected chi connectivity index (χ0v) is 16.2. The first-order chi connectivity index (χ1) is 12.7. The average Bonchev–Trinajstić information content (AvgIpc) is 2.71. The van der Waals surface area contributed by atoms with Gasteiger partial charge in [0.15, 0.2) is 6.29 Å². The standard InChI is InChI=1S/C20H23FO3.C2H6/c1-3-14-7-9-16(17-13-15(22-2)8-10-18(17)21)19(12-14)24-20-6-4-5-11-23-20;1-2/h7-10,12-13,20H,3-6,11H2,1-2H3;1-2H3. The molecule has 4 heteroatoms. The van der Waals surface area contributed by atoms with Crippen LogP contribution in [0.2, 0.25) is 0 Å². The molecule has 0 spiro atoms.